The van der Waals surface area contributed by atoms with Gasteiger partial charge in [0.05, 0.1) is 18.3 Å². The summed E-state index contributed by atoms with van der Waals surface area (Å²) in [6, 6.07) is 11.6. The molecule has 0 bridgehead atoms. The van der Waals surface area contributed by atoms with Gasteiger partial charge >= 0.3 is 0 Å². The Balaban J connectivity index is 1.93. The molecule has 1 heterocycles. The van der Waals surface area contributed by atoms with Crippen molar-refractivity contribution in [3.63, 3.8) is 0 Å². The summed E-state index contributed by atoms with van der Waals surface area (Å²) < 4.78 is 0.946. The molecule has 1 amide bonds. The van der Waals surface area contributed by atoms with Crippen molar-refractivity contribution in [1.82, 2.24) is 4.98 Å². The quantitative estimate of drug-likeness (QED) is 0.785. The number of unbranched alkanes of at least 4 members (excludes halogenated alkanes) is 1. The number of aromatic nitrogens is 1. The van der Waals surface area contributed by atoms with Crippen LogP contribution in [0.3, 0.4) is 0 Å². The van der Waals surface area contributed by atoms with Gasteiger partial charge in [-0.15, -0.1) is 0 Å². The highest BCUT2D eigenvalue weighted by Crippen LogP contribution is 2.18. The Kier molecular flexibility index (Phi) is 6.59. The first-order valence-electron chi connectivity index (χ1n) is 7.80. The fourth-order valence-electron chi connectivity index (χ4n) is 2.22. The molecule has 0 fully saturated rings. The van der Waals surface area contributed by atoms with Gasteiger partial charge in [0, 0.05) is 18.1 Å². The van der Waals surface area contributed by atoms with Gasteiger partial charge in [0.25, 0.3) is 0 Å². The van der Waals surface area contributed by atoms with E-state index in [9.17, 15) is 4.79 Å². The Labute approximate surface area is 146 Å². The number of pyridine rings is 1. The zero-order chi connectivity index (χ0) is 16.7. The molecule has 1 aromatic heterocycles. The average molecular weight is 376 g/mol. The minimum atomic E-state index is -0.0502. The van der Waals surface area contributed by atoms with Crippen LogP contribution >= 0.6 is 15.9 Å². The molecule has 0 aliphatic heterocycles. The zero-order valence-corrected chi connectivity index (χ0v) is 15.1. The predicted octanol–water partition coefficient (Wildman–Crippen LogP) is 4.26. The molecule has 1 N–H and O–H groups in total. The Morgan fingerprint density at radius 3 is 2.70 bits per heavy atom. The molecule has 0 saturated heterocycles. The smallest absolute Gasteiger partial charge is 0.228 e. The lowest BCUT2D eigenvalue weighted by Gasteiger charge is -2.17. The van der Waals surface area contributed by atoms with Gasteiger partial charge in [-0.05, 0) is 30.2 Å². The first-order valence-corrected chi connectivity index (χ1v) is 8.60. The van der Waals surface area contributed by atoms with Crippen molar-refractivity contribution in [3.8, 4) is 0 Å². The van der Waals surface area contributed by atoms with Gasteiger partial charge in [-0.2, -0.15) is 0 Å². The van der Waals surface area contributed by atoms with Crippen LogP contribution in [0.5, 0.6) is 0 Å². The molecule has 0 aliphatic rings. The van der Waals surface area contributed by atoms with Crippen molar-refractivity contribution in [1.29, 1.82) is 0 Å². The molecule has 2 aromatic rings. The Bertz CT molecular complexity index is 643. The van der Waals surface area contributed by atoms with Gasteiger partial charge in [0.1, 0.15) is 5.82 Å². The molecular weight excluding hydrogens is 354 g/mol. The Hall–Kier alpha value is -1.88. The maximum absolute atomic E-state index is 12.1. The predicted molar refractivity (Wildman–Crippen MR) is 98.9 cm³/mol. The first-order chi connectivity index (χ1) is 11.1. The van der Waals surface area contributed by atoms with Crippen LogP contribution in [0, 0.1) is 0 Å². The van der Waals surface area contributed by atoms with Crippen LogP contribution in [0.2, 0.25) is 0 Å². The van der Waals surface area contributed by atoms with Crippen molar-refractivity contribution in [2.75, 3.05) is 23.8 Å². The molecule has 4 nitrogen and oxygen atoms in total. The topological polar surface area (TPSA) is 45.2 Å². The molecule has 1 aromatic carbocycles. The van der Waals surface area contributed by atoms with Crippen LogP contribution in [0.15, 0.2) is 47.1 Å². The number of carbonyl (C=O) groups excluding carboxylic acids is 1. The van der Waals surface area contributed by atoms with Gasteiger partial charge < -0.3 is 10.2 Å². The van der Waals surface area contributed by atoms with Gasteiger partial charge in [-0.1, -0.05) is 47.5 Å². The fraction of sp³-hybridized carbons (Fsp3) is 0.333. The van der Waals surface area contributed by atoms with E-state index in [0.717, 1.165) is 40.9 Å². The van der Waals surface area contributed by atoms with E-state index in [1.807, 2.05) is 43.4 Å². The minimum Gasteiger partial charge on any atom is -0.360 e. The normalized spacial score (nSPS) is 10.4. The summed E-state index contributed by atoms with van der Waals surface area (Å²) in [5, 5.41) is 2.89. The lowest BCUT2D eigenvalue weighted by molar-refractivity contribution is -0.115. The SMILES string of the molecule is CCCCN(C)c1ccc(NC(=O)Cc2ccccc2Br)cn1. The third-order valence-electron chi connectivity index (χ3n) is 3.58. The highest BCUT2D eigenvalue weighted by Gasteiger charge is 2.08. The number of anilines is 2. The summed E-state index contributed by atoms with van der Waals surface area (Å²) >= 11 is 3.46. The van der Waals surface area contributed by atoms with Crippen molar-refractivity contribution >= 4 is 33.3 Å². The van der Waals surface area contributed by atoms with Crippen LogP contribution in [0.25, 0.3) is 0 Å². The molecule has 0 radical (unpaired) electrons. The number of amides is 1. The van der Waals surface area contributed by atoms with Gasteiger partial charge in [-0.3, -0.25) is 4.79 Å². The average Bonchev–Trinajstić information content (AvgIpc) is 2.55. The van der Waals surface area contributed by atoms with E-state index in [1.54, 1.807) is 6.20 Å². The second-order valence-corrected chi connectivity index (χ2v) is 6.35. The fourth-order valence-corrected chi connectivity index (χ4v) is 2.64. The third-order valence-corrected chi connectivity index (χ3v) is 4.35. The van der Waals surface area contributed by atoms with Crippen molar-refractivity contribution in [3.05, 3.63) is 52.6 Å². The van der Waals surface area contributed by atoms with Crippen LogP contribution in [-0.4, -0.2) is 24.5 Å². The molecule has 0 unspecified atom stereocenters. The van der Waals surface area contributed by atoms with E-state index in [1.165, 1.54) is 0 Å². The summed E-state index contributed by atoms with van der Waals surface area (Å²) in [6.07, 6.45) is 4.34. The third kappa shape index (κ3) is 5.36. The van der Waals surface area contributed by atoms with Crippen molar-refractivity contribution in [2.24, 2.45) is 0 Å². The molecule has 5 heteroatoms. The van der Waals surface area contributed by atoms with E-state index in [2.05, 4.69) is 38.1 Å². The summed E-state index contributed by atoms with van der Waals surface area (Å²) in [7, 11) is 2.03. The monoisotopic (exact) mass is 375 g/mol. The summed E-state index contributed by atoms with van der Waals surface area (Å²) in [5.74, 6) is 0.869. The summed E-state index contributed by atoms with van der Waals surface area (Å²) in [5.41, 5.74) is 1.68. The van der Waals surface area contributed by atoms with E-state index in [0.29, 0.717) is 6.42 Å². The van der Waals surface area contributed by atoms with Crippen LogP contribution in [-0.2, 0) is 11.2 Å². The van der Waals surface area contributed by atoms with E-state index < -0.39 is 0 Å². The zero-order valence-electron chi connectivity index (χ0n) is 13.6. The maximum Gasteiger partial charge on any atom is 0.228 e. The summed E-state index contributed by atoms with van der Waals surface area (Å²) in [4.78, 5) is 18.7. The molecule has 122 valence electrons. The largest absolute Gasteiger partial charge is 0.360 e. The van der Waals surface area contributed by atoms with E-state index in [-0.39, 0.29) is 5.91 Å². The molecule has 2 rings (SSSR count). The number of nitrogens with one attached hydrogen (secondary N) is 1. The lowest BCUT2D eigenvalue weighted by atomic mass is 10.1. The minimum absolute atomic E-state index is 0.0502. The molecule has 0 aliphatic carbocycles. The Morgan fingerprint density at radius 2 is 2.04 bits per heavy atom. The maximum atomic E-state index is 12.1. The number of carbonyl (C=O) groups is 1. The van der Waals surface area contributed by atoms with Gasteiger partial charge in [0.15, 0.2) is 0 Å². The highest BCUT2D eigenvalue weighted by molar-refractivity contribution is 9.10. The highest BCUT2D eigenvalue weighted by atomic mass is 79.9. The molecule has 23 heavy (non-hydrogen) atoms. The number of rotatable bonds is 7. The van der Waals surface area contributed by atoms with Gasteiger partial charge in [-0.25, -0.2) is 4.98 Å². The number of nitrogens with zero attached hydrogens (tertiary/aromatic N) is 2. The number of halogens is 1. The second kappa shape index (κ2) is 8.67. The first kappa shape index (κ1) is 17.5. The van der Waals surface area contributed by atoms with E-state index >= 15 is 0 Å². The van der Waals surface area contributed by atoms with Crippen LogP contribution in [0.4, 0.5) is 11.5 Å². The van der Waals surface area contributed by atoms with Gasteiger partial charge in [0.2, 0.25) is 5.91 Å². The standard InChI is InChI=1S/C18H22BrN3O/c1-3-4-11-22(2)17-10-9-15(13-20-17)21-18(23)12-14-7-5-6-8-16(14)19/h5-10,13H,3-4,11-12H2,1-2H3,(H,21,23). The molecule has 0 spiro atoms. The van der Waals surface area contributed by atoms with Crippen molar-refractivity contribution < 1.29 is 4.79 Å². The lowest BCUT2D eigenvalue weighted by Crippen LogP contribution is -2.20. The molecule has 0 saturated carbocycles. The Morgan fingerprint density at radius 1 is 1.26 bits per heavy atom. The molecular formula is C18H22BrN3O. The number of benzene rings is 1. The van der Waals surface area contributed by atoms with E-state index in [4.69, 9.17) is 0 Å². The number of hydrogen-bond donors (Lipinski definition) is 1. The van der Waals surface area contributed by atoms with Crippen LogP contribution in [0.1, 0.15) is 25.3 Å². The van der Waals surface area contributed by atoms with Crippen LogP contribution < -0.4 is 10.2 Å². The number of hydrogen-bond acceptors (Lipinski definition) is 3. The summed E-state index contributed by atoms with van der Waals surface area (Å²) in [6.45, 7) is 3.15. The molecule has 0 atom stereocenters. The second-order valence-electron chi connectivity index (χ2n) is 5.50. The van der Waals surface area contributed by atoms with Crippen molar-refractivity contribution in [2.45, 2.75) is 26.2 Å².